The standard InChI is InChI=1S/C16H21N3O2/c1-16(2,3)14(11-19-10-9-17-12-19)21-15(20)18-13-7-5-4-6-8-13/h4-10,12,14H,11H2,1-3H3,(H,18,20). The zero-order valence-corrected chi connectivity index (χ0v) is 12.6. The number of carbonyl (C=O) groups is 1. The minimum atomic E-state index is -0.443. The summed E-state index contributed by atoms with van der Waals surface area (Å²) in [6.07, 6.45) is 4.59. The molecule has 21 heavy (non-hydrogen) atoms. The molecule has 2 aromatic rings. The van der Waals surface area contributed by atoms with E-state index >= 15 is 0 Å². The minimum Gasteiger partial charge on any atom is -0.444 e. The molecule has 1 aromatic heterocycles. The Morgan fingerprint density at radius 2 is 2.05 bits per heavy atom. The van der Waals surface area contributed by atoms with E-state index in [0.29, 0.717) is 6.54 Å². The van der Waals surface area contributed by atoms with Crippen LogP contribution in [0.1, 0.15) is 20.8 Å². The number of aromatic nitrogens is 2. The van der Waals surface area contributed by atoms with Crippen LogP contribution in [-0.2, 0) is 11.3 Å². The van der Waals surface area contributed by atoms with Crippen LogP contribution in [0.15, 0.2) is 49.1 Å². The summed E-state index contributed by atoms with van der Waals surface area (Å²) in [7, 11) is 0. The van der Waals surface area contributed by atoms with Crippen molar-refractivity contribution in [2.75, 3.05) is 5.32 Å². The van der Waals surface area contributed by atoms with Crippen molar-refractivity contribution >= 4 is 11.8 Å². The number of rotatable bonds is 4. The lowest BCUT2D eigenvalue weighted by molar-refractivity contribution is 0.0282. The molecule has 5 heteroatoms. The quantitative estimate of drug-likeness (QED) is 0.935. The van der Waals surface area contributed by atoms with Crippen LogP contribution >= 0.6 is 0 Å². The Morgan fingerprint density at radius 3 is 2.62 bits per heavy atom. The predicted molar refractivity (Wildman–Crippen MR) is 82.0 cm³/mol. The average Bonchev–Trinajstić information content (AvgIpc) is 2.91. The first-order valence-electron chi connectivity index (χ1n) is 6.93. The van der Waals surface area contributed by atoms with Crippen molar-refractivity contribution in [3.63, 3.8) is 0 Å². The van der Waals surface area contributed by atoms with E-state index in [-0.39, 0.29) is 11.5 Å². The highest BCUT2D eigenvalue weighted by molar-refractivity contribution is 5.84. The minimum absolute atomic E-state index is 0.168. The fraction of sp³-hybridized carbons (Fsp3) is 0.375. The number of ether oxygens (including phenoxy) is 1. The summed E-state index contributed by atoms with van der Waals surface area (Å²) >= 11 is 0. The van der Waals surface area contributed by atoms with E-state index in [1.54, 1.807) is 12.5 Å². The smallest absolute Gasteiger partial charge is 0.411 e. The van der Waals surface area contributed by atoms with Crippen LogP contribution in [0, 0.1) is 5.41 Å². The van der Waals surface area contributed by atoms with E-state index in [0.717, 1.165) is 5.69 Å². The lowest BCUT2D eigenvalue weighted by Gasteiger charge is -2.30. The maximum absolute atomic E-state index is 12.0. The summed E-state index contributed by atoms with van der Waals surface area (Å²) in [5, 5.41) is 2.74. The monoisotopic (exact) mass is 287 g/mol. The maximum Gasteiger partial charge on any atom is 0.411 e. The van der Waals surface area contributed by atoms with Gasteiger partial charge in [-0.1, -0.05) is 39.0 Å². The molecule has 0 bridgehead atoms. The van der Waals surface area contributed by atoms with Gasteiger partial charge in [0.15, 0.2) is 0 Å². The van der Waals surface area contributed by atoms with Gasteiger partial charge in [0.1, 0.15) is 6.10 Å². The highest BCUT2D eigenvalue weighted by atomic mass is 16.6. The number of amides is 1. The maximum atomic E-state index is 12.0. The lowest BCUT2D eigenvalue weighted by Crippen LogP contribution is -2.36. The summed E-state index contributed by atoms with van der Waals surface area (Å²) in [6, 6.07) is 9.27. The van der Waals surface area contributed by atoms with Crippen LogP contribution in [0.4, 0.5) is 10.5 Å². The van der Waals surface area contributed by atoms with Crippen LogP contribution in [0.2, 0.25) is 0 Å². The molecular weight excluding hydrogens is 266 g/mol. The van der Waals surface area contributed by atoms with Crippen molar-refractivity contribution in [3.05, 3.63) is 49.1 Å². The van der Waals surface area contributed by atoms with Crippen LogP contribution < -0.4 is 5.32 Å². The molecule has 2 rings (SSSR count). The number of carbonyl (C=O) groups excluding carboxylic acids is 1. The Balaban J connectivity index is 2.00. The summed E-state index contributed by atoms with van der Waals surface area (Å²) in [5.74, 6) is 0. The van der Waals surface area contributed by atoms with E-state index in [1.165, 1.54) is 0 Å². The second kappa shape index (κ2) is 6.43. The van der Waals surface area contributed by atoms with Crippen molar-refractivity contribution in [1.82, 2.24) is 9.55 Å². The van der Waals surface area contributed by atoms with E-state index in [9.17, 15) is 4.79 Å². The Morgan fingerprint density at radius 1 is 1.33 bits per heavy atom. The molecule has 1 N–H and O–H groups in total. The zero-order chi connectivity index (χ0) is 15.3. The number of imidazole rings is 1. The van der Waals surface area contributed by atoms with Crippen molar-refractivity contribution in [2.24, 2.45) is 5.41 Å². The average molecular weight is 287 g/mol. The highest BCUT2D eigenvalue weighted by Crippen LogP contribution is 2.24. The van der Waals surface area contributed by atoms with E-state index in [2.05, 4.69) is 10.3 Å². The molecule has 1 atom stereocenters. The summed E-state index contributed by atoms with van der Waals surface area (Å²) in [5.41, 5.74) is 0.552. The fourth-order valence-corrected chi connectivity index (χ4v) is 1.87. The Hall–Kier alpha value is -2.30. The normalized spacial score (nSPS) is 12.7. The first-order chi connectivity index (χ1) is 9.95. The molecule has 0 aliphatic carbocycles. The lowest BCUT2D eigenvalue weighted by atomic mass is 9.89. The van der Waals surface area contributed by atoms with Crippen LogP contribution in [0.25, 0.3) is 0 Å². The van der Waals surface area contributed by atoms with E-state index in [4.69, 9.17) is 4.74 Å². The van der Waals surface area contributed by atoms with Crippen LogP contribution in [0.3, 0.4) is 0 Å². The number of para-hydroxylation sites is 1. The predicted octanol–water partition coefficient (Wildman–Crippen LogP) is 3.55. The molecule has 5 nitrogen and oxygen atoms in total. The fourth-order valence-electron chi connectivity index (χ4n) is 1.87. The van der Waals surface area contributed by atoms with Crippen molar-refractivity contribution in [2.45, 2.75) is 33.4 Å². The largest absolute Gasteiger partial charge is 0.444 e. The molecule has 0 saturated heterocycles. The summed E-state index contributed by atoms with van der Waals surface area (Å²) < 4.78 is 7.50. The van der Waals surface area contributed by atoms with Gasteiger partial charge < -0.3 is 9.30 Å². The van der Waals surface area contributed by atoms with Crippen molar-refractivity contribution in [1.29, 1.82) is 0 Å². The van der Waals surface area contributed by atoms with E-state index < -0.39 is 6.09 Å². The van der Waals surface area contributed by atoms with Crippen molar-refractivity contribution < 1.29 is 9.53 Å². The number of nitrogens with zero attached hydrogens (tertiary/aromatic N) is 2. The van der Waals surface area contributed by atoms with Crippen LogP contribution in [-0.4, -0.2) is 21.7 Å². The SMILES string of the molecule is CC(C)(C)C(Cn1ccnc1)OC(=O)Nc1ccccc1. The van der Waals surface area contributed by atoms with Crippen molar-refractivity contribution in [3.8, 4) is 0 Å². The molecule has 0 radical (unpaired) electrons. The molecular formula is C16H21N3O2. The van der Waals surface area contributed by atoms with Gasteiger partial charge >= 0.3 is 6.09 Å². The van der Waals surface area contributed by atoms with Gasteiger partial charge in [-0.3, -0.25) is 5.32 Å². The third-order valence-corrected chi connectivity index (χ3v) is 3.17. The van der Waals surface area contributed by atoms with Gasteiger partial charge in [0.25, 0.3) is 0 Å². The number of hydrogen-bond donors (Lipinski definition) is 1. The number of nitrogens with one attached hydrogen (secondary N) is 1. The molecule has 1 heterocycles. The van der Waals surface area contributed by atoms with Gasteiger partial charge in [0.05, 0.1) is 12.9 Å². The number of hydrogen-bond acceptors (Lipinski definition) is 3. The second-order valence-corrected chi connectivity index (χ2v) is 6.01. The molecule has 112 valence electrons. The Kier molecular flexibility index (Phi) is 4.62. The Labute approximate surface area is 125 Å². The van der Waals surface area contributed by atoms with Gasteiger partial charge in [0.2, 0.25) is 0 Å². The highest BCUT2D eigenvalue weighted by Gasteiger charge is 2.28. The molecule has 1 aromatic carbocycles. The second-order valence-electron chi connectivity index (χ2n) is 6.01. The molecule has 1 amide bonds. The van der Waals surface area contributed by atoms with Crippen LogP contribution in [0.5, 0.6) is 0 Å². The number of anilines is 1. The zero-order valence-electron chi connectivity index (χ0n) is 12.6. The topological polar surface area (TPSA) is 56.2 Å². The van der Waals surface area contributed by atoms with Gasteiger partial charge in [-0.25, -0.2) is 9.78 Å². The summed E-state index contributed by atoms with van der Waals surface area (Å²) in [4.78, 5) is 16.1. The molecule has 0 aliphatic heterocycles. The first kappa shape index (κ1) is 15.1. The van der Waals surface area contributed by atoms with E-state index in [1.807, 2.05) is 61.9 Å². The molecule has 0 fully saturated rings. The first-order valence-corrected chi connectivity index (χ1v) is 6.93. The molecule has 0 saturated carbocycles. The van der Waals surface area contributed by atoms with Gasteiger partial charge in [-0.05, 0) is 12.1 Å². The molecule has 0 aliphatic rings. The Bertz CT molecular complexity index is 559. The molecule has 1 unspecified atom stereocenters. The van der Waals surface area contributed by atoms with Gasteiger partial charge in [0, 0.05) is 23.5 Å². The molecule has 0 spiro atoms. The van der Waals surface area contributed by atoms with Gasteiger partial charge in [-0.15, -0.1) is 0 Å². The van der Waals surface area contributed by atoms with Gasteiger partial charge in [-0.2, -0.15) is 0 Å². The summed E-state index contributed by atoms with van der Waals surface area (Å²) in [6.45, 7) is 6.71. The third-order valence-electron chi connectivity index (χ3n) is 3.17. The number of benzene rings is 1. The third kappa shape index (κ3) is 4.63.